The number of carbonyl (C=O) groups is 1. The number of carbonyl (C=O) groups excluding carboxylic acids is 1. The molecule has 0 aliphatic carbocycles. The van der Waals surface area contributed by atoms with Gasteiger partial charge in [-0.1, -0.05) is 0 Å². The molecule has 0 unspecified atom stereocenters. The van der Waals surface area contributed by atoms with Gasteiger partial charge < -0.3 is 9.64 Å². The average Bonchev–Trinajstić information content (AvgIpc) is 3.16. The van der Waals surface area contributed by atoms with Gasteiger partial charge in [0.25, 0.3) is 0 Å². The van der Waals surface area contributed by atoms with Crippen molar-refractivity contribution >= 4 is 21.6 Å². The van der Waals surface area contributed by atoms with E-state index in [0.717, 1.165) is 29.7 Å². The number of rotatable bonds is 4. The molecule has 3 aliphatic heterocycles. The molecule has 9 heteroatoms. The van der Waals surface area contributed by atoms with Gasteiger partial charge in [-0.15, -0.1) is 0 Å². The lowest BCUT2D eigenvalue weighted by molar-refractivity contribution is -0.118. The Morgan fingerprint density at radius 1 is 1.13 bits per heavy atom. The normalized spacial score (nSPS) is 21.6. The van der Waals surface area contributed by atoms with Crippen LogP contribution >= 0.6 is 0 Å². The van der Waals surface area contributed by atoms with E-state index in [-0.39, 0.29) is 12.0 Å². The van der Waals surface area contributed by atoms with Crippen LogP contribution in [0, 0.1) is 6.92 Å². The third-order valence-corrected chi connectivity index (χ3v) is 7.88. The molecular formula is C21H24N4O4S. The molecule has 1 aromatic heterocycles. The molecule has 30 heavy (non-hydrogen) atoms. The number of aryl methyl sites for hydroxylation is 2. The predicted molar refractivity (Wildman–Crippen MR) is 110 cm³/mol. The molecule has 3 aliphatic rings. The van der Waals surface area contributed by atoms with Gasteiger partial charge in [-0.3, -0.25) is 4.79 Å². The minimum Gasteiger partial charge on any atom is -0.473 e. The van der Waals surface area contributed by atoms with Crippen LogP contribution in [0.5, 0.6) is 5.88 Å². The van der Waals surface area contributed by atoms with Gasteiger partial charge in [0, 0.05) is 31.8 Å². The van der Waals surface area contributed by atoms with Crippen LogP contribution in [0.2, 0.25) is 0 Å². The molecule has 1 aromatic carbocycles. The summed E-state index contributed by atoms with van der Waals surface area (Å²) in [7, 11) is -3.64. The smallest absolute Gasteiger partial charge is 0.243 e. The van der Waals surface area contributed by atoms with Gasteiger partial charge in [-0.25, -0.2) is 13.4 Å². The van der Waals surface area contributed by atoms with Crippen molar-refractivity contribution in [1.82, 2.24) is 14.3 Å². The standard InChI is InChI=1S/C21H24N4O4S/c1-14-22-8-6-19(23-14)29-17-3-2-9-24(13-17)30(27,28)18-11-15-4-5-20(26)25-10-7-16(12-18)21(15)25/h6,8,11-12,17H,2-5,7,9-10,13H2,1H3/t17-/m0/s1. The van der Waals surface area contributed by atoms with Crippen molar-refractivity contribution in [3.05, 3.63) is 41.3 Å². The fraction of sp³-hybridized carbons (Fsp3) is 0.476. The zero-order chi connectivity index (χ0) is 20.9. The fourth-order valence-corrected chi connectivity index (χ4v) is 6.23. The van der Waals surface area contributed by atoms with Gasteiger partial charge in [0.05, 0.1) is 17.1 Å². The Balaban J connectivity index is 1.39. The van der Waals surface area contributed by atoms with Crippen LogP contribution in [-0.4, -0.2) is 54.3 Å². The third kappa shape index (κ3) is 3.35. The second-order valence-electron chi connectivity index (χ2n) is 8.07. The minimum absolute atomic E-state index is 0.132. The highest BCUT2D eigenvalue weighted by Crippen LogP contribution is 2.39. The van der Waals surface area contributed by atoms with Gasteiger partial charge >= 0.3 is 0 Å². The Bertz CT molecular complexity index is 1120. The van der Waals surface area contributed by atoms with Crippen LogP contribution in [0.15, 0.2) is 29.3 Å². The summed E-state index contributed by atoms with van der Waals surface area (Å²) in [4.78, 5) is 22.6. The Labute approximate surface area is 175 Å². The lowest BCUT2D eigenvalue weighted by Gasteiger charge is -2.32. The summed E-state index contributed by atoms with van der Waals surface area (Å²) in [5.74, 6) is 1.22. The zero-order valence-corrected chi connectivity index (χ0v) is 17.7. The Morgan fingerprint density at radius 3 is 2.73 bits per heavy atom. The molecule has 0 bridgehead atoms. The Hall–Kier alpha value is -2.52. The van der Waals surface area contributed by atoms with E-state index in [1.54, 1.807) is 36.2 Å². The fourth-order valence-electron chi connectivity index (χ4n) is 4.61. The molecule has 0 N–H and O–H groups in total. The van der Waals surface area contributed by atoms with E-state index in [2.05, 4.69) is 9.97 Å². The number of sulfonamides is 1. The van der Waals surface area contributed by atoms with Crippen LogP contribution in [0.3, 0.4) is 0 Å². The van der Waals surface area contributed by atoms with E-state index < -0.39 is 10.0 Å². The summed E-state index contributed by atoms with van der Waals surface area (Å²) in [5.41, 5.74) is 2.86. The molecule has 0 spiro atoms. The van der Waals surface area contributed by atoms with Crippen LogP contribution < -0.4 is 9.64 Å². The van der Waals surface area contributed by atoms with E-state index in [1.807, 2.05) is 0 Å². The van der Waals surface area contributed by atoms with E-state index in [9.17, 15) is 13.2 Å². The van der Waals surface area contributed by atoms with Crippen molar-refractivity contribution < 1.29 is 17.9 Å². The minimum atomic E-state index is -3.64. The maximum Gasteiger partial charge on any atom is 0.243 e. The number of aromatic nitrogens is 2. The summed E-state index contributed by atoms with van der Waals surface area (Å²) in [6, 6.07) is 5.21. The summed E-state index contributed by atoms with van der Waals surface area (Å²) in [6.45, 7) is 3.20. The largest absolute Gasteiger partial charge is 0.473 e. The van der Waals surface area contributed by atoms with Gasteiger partial charge in [0.15, 0.2) is 0 Å². The first kappa shape index (κ1) is 19.4. The molecule has 1 saturated heterocycles. The highest BCUT2D eigenvalue weighted by molar-refractivity contribution is 7.89. The van der Waals surface area contributed by atoms with Crippen molar-refractivity contribution in [3.63, 3.8) is 0 Å². The molecule has 1 fully saturated rings. The van der Waals surface area contributed by atoms with Gasteiger partial charge in [0.1, 0.15) is 11.9 Å². The van der Waals surface area contributed by atoms with Crippen LogP contribution in [0.25, 0.3) is 0 Å². The maximum absolute atomic E-state index is 13.4. The average molecular weight is 429 g/mol. The Morgan fingerprint density at radius 2 is 1.93 bits per heavy atom. The first-order valence-corrected chi connectivity index (χ1v) is 11.8. The van der Waals surface area contributed by atoms with Crippen LogP contribution in [0.4, 0.5) is 5.69 Å². The second kappa shape index (κ2) is 7.31. The number of ether oxygens (including phenoxy) is 1. The topological polar surface area (TPSA) is 92.7 Å². The summed E-state index contributed by atoms with van der Waals surface area (Å²) < 4.78 is 34.3. The molecule has 1 amide bonds. The Kier molecular flexibility index (Phi) is 4.74. The molecule has 4 heterocycles. The first-order chi connectivity index (χ1) is 14.4. The van der Waals surface area contributed by atoms with Crippen molar-refractivity contribution in [3.8, 4) is 5.88 Å². The highest BCUT2D eigenvalue weighted by Gasteiger charge is 2.36. The third-order valence-electron chi connectivity index (χ3n) is 6.04. The van der Waals surface area contributed by atoms with Crippen molar-refractivity contribution in [2.45, 2.75) is 50.0 Å². The van der Waals surface area contributed by atoms with Crippen LogP contribution in [0.1, 0.15) is 36.2 Å². The number of hydrogen-bond acceptors (Lipinski definition) is 6. The number of piperidine rings is 1. The van der Waals surface area contributed by atoms with Gasteiger partial charge in [-0.2, -0.15) is 9.29 Å². The first-order valence-electron chi connectivity index (χ1n) is 10.3. The van der Waals surface area contributed by atoms with E-state index in [0.29, 0.717) is 55.5 Å². The lowest BCUT2D eigenvalue weighted by Crippen LogP contribution is -2.44. The number of nitrogens with zero attached hydrogens (tertiary/aromatic N) is 4. The van der Waals surface area contributed by atoms with Gasteiger partial charge in [0.2, 0.25) is 21.8 Å². The van der Waals surface area contributed by atoms with Crippen LogP contribution in [-0.2, 0) is 27.7 Å². The molecular weight excluding hydrogens is 404 g/mol. The highest BCUT2D eigenvalue weighted by atomic mass is 32.2. The molecule has 158 valence electrons. The zero-order valence-electron chi connectivity index (χ0n) is 16.9. The van der Waals surface area contributed by atoms with Crippen molar-refractivity contribution in [2.75, 3.05) is 24.5 Å². The number of benzene rings is 1. The quantitative estimate of drug-likeness (QED) is 0.738. The molecule has 8 nitrogen and oxygen atoms in total. The molecule has 0 radical (unpaired) electrons. The molecule has 0 saturated carbocycles. The van der Waals surface area contributed by atoms with Crippen molar-refractivity contribution in [1.29, 1.82) is 0 Å². The maximum atomic E-state index is 13.4. The molecule has 1 atom stereocenters. The summed E-state index contributed by atoms with van der Waals surface area (Å²) in [6.07, 6.45) is 4.64. The molecule has 5 rings (SSSR count). The number of anilines is 1. The predicted octanol–water partition coefficient (Wildman–Crippen LogP) is 1.85. The SMILES string of the molecule is Cc1nccc(O[C@H]2CCCN(S(=O)(=O)c3cc4c5c(c3)CCN5C(=O)CC4)C2)n1. The van der Waals surface area contributed by atoms with Gasteiger partial charge in [-0.05, 0) is 55.9 Å². The summed E-state index contributed by atoms with van der Waals surface area (Å²) >= 11 is 0. The monoisotopic (exact) mass is 428 g/mol. The number of hydrogen-bond donors (Lipinski definition) is 0. The molecule has 2 aromatic rings. The van der Waals surface area contributed by atoms with Crippen molar-refractivity contribution in [2.24, 2.45) is 0 Å². The number of amides is 1. The van der Waals surface area contributed by atoms with E-state index in [1.165, 1.54) is 4.31 Å². The second-order valence-corrected chi connectivity index (χ2v) is 10.0. The summed E-state index contributed by atoms with van der Waals surface area (Å²) in [5, 5.41) is 0. The lowest BCUT2D eigenvalue weighted by atomic mass is 10.00. The van der Waals surface area contributed by atoms with E-state index >= 15 is 0 Å². The van der Waals surface area contributed by atoms with E-state index in [4.69, 9.17) is 4.74 Å².